The lowest BCUT2D eigenvalue weighted by Crippen LogP contribution is -2.43. The van der Waals surface area contributed by atoms with Crippen molar-refractivity contribution in [2.24, 2.45) is 11.8 Å². The van der Waals surface area contributed by atoms with E-state index in [1.165, 1.54) is 13.0 Å². The minimum Gasteiger partial charge on any atom is -0.487 e. The minimum absolute atomic E-state index is 0.0853. The fraction of sp³-hybridized carbons (Fsp3) is 0.514. The average molecular weight is 659 g/mol. The normalized spacial score (nSPS) is 20.9. The molecule has 0 saturated heterocycles. The summed E-state index contributed by atoms with van der Waals surface area (Å²) in [6.07, 6.45) is 10.4. The number of halogens is 1. The van der Waals surface area contributed by atoms with E-state index in [0.29, 0.717) is 36.2 Å². The van der Waals surface area contributed by atoms with Gasteiger partial charge in [0.15, 0.2) is 0 Å². The molecule has 5 atom stereocenters. The fourth-order valence-corrected chi connectivity index (χ4v) is 7.31. The molecule has 10 heteroatoms. The highest BCUT2D eigenvalue weighted by Crippen LogP contribution is 2.41. The number of aliphatic hydroxyl groups excluding tert-OH is 2. The van der Waals surface area contributed by atoms with Crippen molar-refractivity contribution in [3.63, 3.8) is 0 Å². The number of hydrogen-bond donors (Lipinski definition) is 3. The summed E-state index contributed by atoms with van der Waals surface area (Å²) in [5.41, 5.74) is 3.07. The van der Waals surface area contributed by atoms with Crippen molar-refractivity contribution in [2.75, 3.05) is 18.0 Å². The van der Waals surface area contributed by atoms with E-state index in [0.717, 1.165) is 56.1 Å². The fourth-order valence-electron chi connectivity index (χ4n) is 6.03. The van der Waals surface area contributed by atoms with Crippen LogP contribution >= 0.6 is 11.6 Å². The van der Waals surface area contributed by atoms with Crippen LogP contribution in [0.5, 0.6) is 5.75 Å². The number of carbonyl (C=O) groups is 1. The standard InChI is InChI=1S/C35H47ClN2O6S/c1-4-6-7-12-33(40)30-17-14-27(30)22-38-19-9-8-11-25-20-29(36)16-13-28(25)23-44-34-18-15-26(21-31(34)38)35(41)37-45(42,43)24(3)32(39)10-5-2/h5,7,12-13,15-16,18,20-21,24,27,30,32-33,39-40H,2,4,6,8-11,14,17,19,22-23H2,1,3H3,(H,37,41)/b12-7+/t24-,27+,30-,32-,33+/m1/s1. The first kappa shape index (κ1) is 35.0. The van der Waals surface area contributed by atoms with E-state index in [1.54, 1.807) is 18.2 Å². The Balaban J connectivity index is 1.64. The predicted octanol–water partition coefficient (Wildman–Crippen LogP) is 6.19. The van der Waals surface area contributed by atoms with Crippen molar-refractivity contribution in [3.05, 3.63) is 82.9 Å². The van der Waals surface area contributed by atoms with Crippen LogP contribution in [-0.2, 0) is 23.1 Å². The van der Waals surface area contributed by atoms with Crippen molar-refractivity contribution in [1.82, 2.24) is 4.72 Å². The van der Waals surface area contributed by atoms with Gasteiger partial charge in [0, 0.05) is 23.7 Å². The number of anilines is 1. The second-order valence-corrected chi connectivity index (χ2v) is 14.7. The Labute approximate surface area is 273 Å². The van der Waals surface area contributed by atoms with E-state index in [9.17, 15) is 23.4 Å². The molecule has 1 aliphatic heterocycles. The molecule has 0 bridgehead atoms. The quantitative estimate of drug-likeness (QED) is 0.233. The molecule has 1 saturated carbocycles. The number of amides is 1. The van der Waals surface area contributed by atoms with Gasteiger partial charge < -0.3 is 19.8 Å². The Hall–Kier alpha value is -2.85. The Morgan fingerprint density at radius 3 is 2.69 bits per heavy atom. The van der Waals surface area contributed by atoms with Crippen molar-refractivity contribution in [1.29, 1.82) is 0 Å². The van der Waals surface area contributed by atoms with E-state index < -0.39 is 33.4 Å². The SMILES string of the molecule is C=CC[C@@H](O)[C@@H](C)S(=O)(=O)NC(=O)c1ccc2c(c1)N(C[C@@H]1CC[C@H]1[C@@H](O)/C=C/CCC)CCCCc1cc(Cl)ccc1CO2. The molecule has 0 spiro atoms. The van der Waals surface area contributed by atoms with Crippen LogP contribution < -0.4 is 14.4 Å². The number of sulfonamides is 1. The Kier molecular flexibility index (Phi) is 12.5. The summed E-state index contributed by atoms with van der Waals surface area (Å²) < 4.78 is 34.4. The summed E-state index contributed by atoms with van der Waals surface area (Å²) in [7, 11) is -4.16. The monoisotopic (exact) mass is 658 g/mol. The number of allylic oxidation sites excluding steroid dienone is 1. The molecule has 1 aliphatic carbocycles. The van der Waals surface area contributed by atoms with Gasteiger partial charge in [-0.15, -0.1) is 6.58 Å². The molecule has 2 aromatic carbocycles. The van der Waals surface area contributed by atoms with Crippen molar-refractivity contribution in [3.8, 4) is 5.75 Å². The zero-order valence-electron chi connectivity index (χ0n) is 26.3. The van der Waals surface area contributed by atoms with Gasteiger partial charge in [-0.2, -0.15) is 0 Å². The topological polar surface area (TPSA) is 116 Å². The Morgan fingerprint density at radius 2 is 1.98 bits per heavy atom. The molecular weight excluding hydrogens is 612 g/mol. The summed E-state index contributed by atoms with van der Waals surface area (Å²) in [5.74, 6) is 0.214. The minimum atomic E-state index is -4.16. The maximum Gasteiger partial charge on any atom is 0.264 e. The van der Waals surface area contributed by atoms with Gasteiger partial charge in [0.05, 0.1) is 17.9 Å². The average Bonchev–Trinajstić information content (AvgIpc) is 3.02. The molecule has 0 radical (unpaired) electrons. The molecule has 1 amide bonds. The van der Waals surface area contributed by atoms with Gasteiger partial charge in [0.25, 0.3) is 5.91 Å². The highest BCUT2D eigenvalue weighted by molar-refractivity contribution is 7.90. The number of aliphatic hydroxyl groups is 2. The number of carbonyl (C=O) groups excluding carboxylic acids is 1. The number of nitrogens with zero attached hydrogens (tertiary/aromatic N) is 1. The first-order valence-electron chi connectivity index (χ1n) is 16.0. The number of hydrogen-bond acceptors (Lipinski definition) is 7. The van der Waals surface area contributed by atoms with E-state index in [-0.39, 0.29) is 23.8 Å². The van der Waals surface area contributed by atoms with Crippen molar-refractivity contribution >= 4 is 33.2 Å². The van der Waals surface area contributed by atoms with Crippen LogP contribution in [0.25, 0.3) is 0 Å². The second kappa shape index (κ2) is 16.1. The van der Waals surface area contributed by atoms with Crippen LogP contribution in [0.2, 0.25) is 5.02 Å². The molecule has 8 nitrogen and oxygen atoms in total. The maximum atomic E-state index is 13.3. The lowest BCUT2D eigenvalue weighted by atomic mass is 9.70. The predicted molar refractivity (Wildman–Crippen MR) is 180 cm³/mol. The van der Waals surface area contributed by atoms with E-state index >= 15 is 0 Å². The zero-order chi connectivity index (χ0) is 32.6. The van der Waals surface area contributed by atoms with Gasteiger partial charge in [0.1, 0.15) is 17.6 Å². The molecule has 246 valence electrons. The van der Waals surface area contributed by atoms with Crippen LogP contribution in [0.4, 0.5) is 5.69 Å². The van der Waals surface area contributed by atoms with Crippen LogP contribution in [-0.4, -0.2) is 55.1 Å². The van der Waals surface area contributed by atoms with E-state index in [1.807, 2.05) is 24.3 Å². The van der Waals surface area contributed by atoms with Crippen LogP contribution in [0.3, 0.4) is 0 Å². The largest absolute Gasteiger partial charge is 0.487 e. The molecular formula is C35H47ClN2O6S. The summed E-state index contributed by atoms with van der Waals surface area (Å²) in [6, 6.07) is 10.8. The third kappa shape index (κ3) is 9.12. The second-order valence-electron chi connectivity index (χ2n) is 12.3. The van der Waals surface area contributed by atoms with Gasteiger partial charge in [-0.1, -0.05) is 49.2 Å². The van der Waals surface area contributed by atoms with Crippen molar-refractivity contribution in [2.45, 2.75) is 89.3 Å². The lowest BCUT2D eigenvalue weighted by molar-refractivity contribution is 0.0461. The number of fused-ring (bicyclic) bond motifs is 2. The zero-order valence-corrected chi connectivity index (χ0v) is 27.9. The van der Waals surface area contributed by atoms with E-state index in [4.69, 9.17) is 16.3 Å². The smallest absolute Gasteiger partial charge is 0.264 e. The molecule has 3 N–H and O–H groups in total. The third-order valence-electron chi connectivity index (χ3n) is 9.07. The van der Waals surface area contributed by atoms with Gasteiger partial charge in [-0.25, -0.2) is 13.1 Å². The molecule has 4 rings (SSSR count). The van der Waals surface area contributed by atoms with Crippen LogP contribution in [0.1, 0.15) is 80.3 Å². The Bertz CT molecular complexity index is 1460. The summed E-state index contributed by atoms with van der Waals surface area (Å²) in [5, 5.41) is 20.6. The molecule has 1 heterocycles. The number of aryl methyl sites for hydroxylation is 1. The molecule has 0 aromatic heterocycles. The summed E-state index contributed by atoms with van der Waals surface area (Å²) in [4.78, 5) is 15.5. The van der Waals surface area contributed by atoms with Gasteiger partial charge in [-0.3, -0.25) is 4.79 Å². The summed E-state index contributed by atoms with van der Waals surface area (Å²) >= 11 is 6.31. The first-order valence-corrected chi connectivity index (χ1v) is 17.9. The van der Waals surface area contributed by atoms with Gasteiger partial charge in [0.2, 0.25) is 10.0 Å². The van der Waals surface area contributed by atoms with Gasteiger partial charge in [-0.05, 0) is 105 Å². The number of rotatable bonds is 12. The Morgan fingerprint density at radius 1 is 1.18 bits per heavy atom. The highest BCUT2D eigenvalue weighted by atomic mass is 35.5. The number of unbranched alkanes of at least 4 members (excludes halogenated alkanes) is 1. The van der Waals surface area contributed by atoms with Gasteiger partial charge >= 0.3 is 0 Å². The molecule has 2 aromatic rings. The van der Waals surface area contributed by atoms with E-state index in [2.05, 4.69) is 29.2 Å². The number of nitrogens with one attached hydrogen (secondary N) is 1. The highest BCUT2D eigenvalue weighted by Gasteiger charge is 2.37. The molecule has 45 heavy (non-hydrogen) atoms. The summed E-state index contributed by atoms with van der Waals surface area (Å²) in [6.45, 7) is 8.72. The number of ether oxygens (including phenoxy) is 1. The van der Waals surface area contributed by atoms with Crippen LogP contribution in [0, 0.1) is 11.8 Å². The molecule has 2 aliphatic rings. The number of benzene rings is 2. The van der Waals surface area contributed by atoms with Crippen LogP contribution in [0.15, 0.2) is 61.2 Å². The molecule has 0 unspecified atom stereocenters. The molecule has 1 fully saturated rings. The van der Waals surface area contributed by atoms with Crippen molar-refractivity contribution < 1.29 is 28.2 Å². The lowest BCUT2D eigenvalue weighted by Gasteiger charge is -2.42. The first-order chi connectivity index (χ1) is 21.5. The maximum absolute atomic E-state index is 13.3. The third-order valence-corrected chi connectivity index (χ3v) is 11.1.